The van der Waals surface area contributed by atoms with E-state index in [2.05, 4.69) is 10.2 Å². The maximum atomic E-state index is 13.9. The van der Waals surface area contributed by atoms with Gasteiger partial charge in [-0.1, -0.05) is 18.2 Å². The fraction of sp³-hybridized carbons (Fsp3) is 0.200. The smallest absolute Gasteiger partial charge is 0.247 e. The van der Waals surface area contributed by atoms with E-state index >= 15 is 0 Å². The molecule has 4 aromatic rings. The molecular weight excluding hydrogens is 516 g/mol. The first kappa shape index (κ1) is 26.7. The van der Waals surface area contributed by atoms with E-state index in [0.717, 1.165) is 0 Å². The van der Waals surface area contributed by atoms with Gasteiger partial charge in [-0.2, -0.15) is 5.10 Å². The van der Waals surface area contributed by atoms with Crippen molar-refractivity contribution in [1.82, 2.24) is 10.00 Å². The summed E-state index contributed by atoms with van der Waals surface area (Å²) in [6.07, 6.45) is 2.91. The summed E-state index contributed by atoms with van der Waals surface area (Å²) in [5.41, 5.74) is 2.11. The van der Waals surface area contributed by atoms with Gasteiger partial charge in [0.25, 0.3) is 0 Å². The molecule has 40 heavy (non-hydrogen) atoms. The Morgan fingerprint density at radius 2 is 1.65 bits per heavy atom. The second kappa shape index (κ2) is 11.1. The van der Waals surface area contributed by atoms with E-state index < -0.39 is 35.3 Å². The summed E-state index contributed by atoms with van der Waals surface area (Å²) in [4.78, 5) is 45.3. The van der Waals surface area contributed by atoms with Gasteiger partial charge in [0.2, 0.25) is 23.2 Å². The molecule has 0 radical (unpaired) electrons. The second-order valence-corrected chi connectivity index (χ2v) is 9.82. The van der Waals surface area contributed by atoms with Crippen molar-refractivity contribution in [3.05, 3.63) is 103 Å². The number of fused-ring (bicyclic) bond motifs is 1. The third-order valence-corrected chi connectivity index (χ3v) is 6.81. The Hall–Kier alpha value is -4.86. The Bertz CT molecular complexity index is 1580. The first-order chi connectivity index (χ1) is 19.2. The van der Waals surface area contributed by atoms with Gasteiger partial charge in [-0.05, 0) is 62.4 Å². The number of hydrogen-bond acceptors (Lipinski definition) is 3. The van der Waals surface area contributed by atoms with Crippen LogP contribution in [0.15, 0.2) is 85.2 Å². The van der Waals surface area contributed by atoms with Crippen molar-refractivity contribution in [1.29, 1.82) is 0 Å². The van der Waals surface area contributed by atoms with Crippen LogP contribution in [0.5, 0.6) is 0 Å². The van der Waals surface area contributed by atoms with Gasteiger partial charge < -0.3 is 9.80 Å². The fourth-order valence-corrected chi connectivity index (χ4v) is 4.89. The lowest BCUT2D eigenvalue weighted by molar-refractivity contribution is -0.421. The number of amides is 3. The standard InChI is InChI=1S/C30H27F2N5O3/c1-19(2)37(23-11-8-20(31)9-12-23)28(38)18-35-14-15-36(22-6-4-3-5-7-22)30(40)25(29(35)39)17-27-24-13-10-21(32)16-26(24)33-34-27/h3-16,19,25H,17-18H2,1-2H3,(H,33,34)/p+1. The zero-order chi connectivity index (χ0) is 28.4. The summed E-state index contributed by atoms with van der Waals surface area (Å²) >= 11 is 0. The maximum absolute atomic E-state index is 13.9. The molecule has 5 rings (SSSR count). The quantitative estimate of drug-likeness (QED) is 0.354. The van der Waals surface area contributed by atoms with E-state index in [0.29, 0.717) is 28.0 Å². The van der Waals surface area contributed by atoms with Gasteiger partial charge in [-0.25, -0.2) is 8.78 Å². The molecule has 0 saturated carbocycles. The number of anilines is 2. The Kier molecular flexibility index (Phi) is 7.41. The summed E-state index contributed by atoms with van der Waals surface area (Å²) in [6, 6.07) is 18.4. The molecule has 0 saturated heterocycles. The van der Waals surface area contributed by atoms with Crippen molar-refractivity contribution in [2.75, 3.05) is 16.3 Å². The third-order valence-electron chi connectivity index (χ3n) is 6.81. The number of aromatic amines is 2. The van der Waals surface area contributed by atoms with Crippen LogP contribution in [0.3, 0.4) is 0 Å². The number of nitrogens with one attached hydrogen (secondary N) is 2. The number of benzene rings is 3. The highest BCUT2D eigenvalue weighted by Crippen LogP contribution is 2.26. The van der Waals surface area contributed by atoms with Crippen molar-refractivity contribution in [3.8, 4) is 0 Å². The Balaban J connectivity index is 1.49. The molecule has 0 aliphatic carbocycles. The van der Waals surface area contributed by atoms with Gasteiger partial charge >= 0.3 is 0 Å². The largest absolute Gasteiger partial charge is 0.308 e. The van der Waals surface area contributed by atoms with Crippen LogP contribution < -0.4 is 14.9 Å². The van der Waals surface area contributed by atoms with E-state index in [1.54, 1.807) is 30.3 Å². The number of nitrogens with zero attached hydrogens (tertiary/aromatic N) is 3. The molecule has 10 heteroatoms. The van der Waals surface area contributed by atoms with Crippen LogP contribution in [-0.4, -0.2) is 40.3 Å². The van der Waals surface area contributed by atoms with Crippen LogP contribution in [-0.2, 0) is 20.8 Å². The predicted molar refractivity (Wildman–Crippen MR) is 146 cm³/mol. The fourth-order valence-electron chi connectivity index (χ4n) is 4.89. The number of para-hydroxylation sites is 1. The summed E-state index contributed by atoms with van der Waals surface area (Å²) < 4.78 is 27.3. The number of rotatable bonds is 7. The van der Waals surface area contributed by atoms with Crippen LogP contribution in [0.1, 0.15) is 19.5 Å². The predicted octanol–water partition coefficient (Wildman–Crippen LogP) is 4.21. The molecule has 1 unspecified atom stereocenters. The molecule has 3 amide bonds. The van der Waals surface area contributed by atoms with Crippen LogP contribution in [0.2, 0.25) is 0 Å². The molecule has 2 N–H and O–H groups in total. The van der Waals surface area contributed by atoms with E-state index in [4.69, 9.17) is 0 Å². The SMILES string of the molecule is CC(C)N(C(=O)CN1C=CN(c2ccccc2)C(=O)C(Cc2[nH][nH+]c3cc(F)ccc23)C1=O)c1ccc(F)cc1. The van der Waals surface area contributed by atoms with Crippen LogP contribution >= 0.6 is 0 Å². The minimum atomic E-state index is -1.18. The molecule has 0 fully saturated rings. The molecule has 2 heterocycles. The Morgan fingerprint density at radius 3 is 2.35 bits per heavy atom. The average molecular weight is 545 g/mol. The van der Waals surface area contributed by atoms with E-state index in [-0.39, 0.29) is 19.0 Å². The lowest BCUT2D eigenvalue weighted by Gasteiger charge is -2.29. The van der Waals surface area contributed by atoms with Gasteiger partial charge in [-0.15, -0.1) is 5.10 Å². The van der Waals surface area contributed by atoms with Gasteiger partial charge in [0.1, 0.15) is 24.1 Å². The minimum Gasteiger partial charge on any atom is -0.308 e. The zero-order valence-electron chi connectivity index (χ0n) is 22.0. The third kappa shape index (κ3) is 5.33. The molecule has 0 spiro atoms. The lowest BCUT2D eigenvalue weighted by atomic mass is 9.98. The molecule has 204 valence electrons. The number of carbonyl (C=O) groups excluding carboxylic acids is 3. The molecule has 3 aromatic carbocycles. The Morgan fingerprint density at radius 1 is 0.950 bits per heavy atom. The van der Waals surface area contributed by atoms with Gasteiger partial charge in [0, 0.05) is 42.3 Å². The lowest BCUT2D eigenvalue weighted by Crippen LogP contribution is -2.46. The highest BCUT2D eigenvalue weighted by Gasteiger charge is 2.38. The summed E-state index contributed by atoms with van der Waals surface area (Å²) in [7, 11) is 0. The summed E-state index contributed by atoms with van der Waals surface area (Å²) in [5, 5.41) is 6.49. The molecule has 1 atom stereocenters. The van der Waals surface area contributed by atoms with Crippen LogP contribution in [0, 0.1) is 17.6 Å². The van der Waals surface area contributed by atoms with E-state index in [9.17, 15) is 23.2 Å². The van der Waals surface area contributed by atoms with Crippen molar-refractivity contribution in [2.24, 2.45) is 5.92 Å². The number of H-pyrrole nitrogens is 2. The number of carbonyl (C=O) groups is 3. The molecular formula is C30H28F2N5O3+. The van der Waals surface area contributed by atoms with Crippen molar-refractivity contribution in [3.63, 3.8) is 0 Å². The minimum absolute atomic E-state index is 0.00907. The van der Waals surface area contributed by atoms with Crippen molar-refractivity contribution in [2.45, 2.75) is 26.3 Å². The normalized spacial score (nSPS) is 15.7. The number of halogens is 2. The zero-order valence-corrected chi connectivity index (χ0v) is 22.0. The Labute approximate surface area is 229 Å². The van der Waals surface area contributed by atoms with E-state index in [1.807, 2.05) is 19.9 Å². The molecule has 8 nitrogen and oxygen atoms in total. The second-order valence-electron chi connectivity index (χ2n) is 9.82. The topological polar surface area (TPSA) is 90.9 Å². The highest BCUT2D eigenvalue weighted by atomic mass is 19.1. The van der Waals surface area contributed by atoms with Crippen LogP contribution in [0.4, 0.5) is 20.2 Å². The maximum Gasteiger partial charge on any atom is 0.247 e. The monoisotopic (exact) mass is 544 g/mol. The van der Waals surface area contributed by atoms with Gasteiger partial charge in [0.15, 0.2) is 0 Å². The summed E-state index contributed by atoms with van der Waals surface area (Å²) in [6.45, 7) is 3.31. The molecule has 1 aliphatic heterocycles. The number of hydrogen-bond donors (Lipinski definition) is 1. The average Bonchev–Trinajstić information content (AvgIpc) is 3.29. The first-order valence-electron chi connectivity index (χ1n) is 12.9. The van der Waals surface area contributed by atoms with Crippen molar-refractivity contribution >= 4 is 40.0 Å². The van der Waals surface area contributed by atoms with Crippen molar-refractivity contribution < 1.29 is 28.3 Å². The van der Waals surface area contributed by atoms with Crippen LogP contribution in [0.25, 0.3) is 10.9 Å². The highest BCUT2D eigenvalue weighted by molar-refractivity contribution is 6.11. The van der Waals surface area contributed by atoms with Gasteiger partial charge in [-0.3, -0.25) is 19.3 Å². The molecule has 1 aliphatic rings. The van der Waals surface area contributed by atoms with E-state index in [1.165, 1.54) is 63.5 Å². The molecule has 1 aromatic heterocycles. The molecule has 0 bridgehead atoms. The van der Waals surface area contributed by atoms with Gasteiger partial charge in [0.05, 0.1) is 11.1 Å². The number of aromatic nitrogens is 2. The first-order valence-corrected chi connectivity index (χ1v) is 12.9. The summed E-state index contributed by atoms with van der Waals surface area (Å²) in [5.74, 6) is -3.44.